The van der Waals surface area contributed by atoms with Crippen molar-refractivity contribution in [1.82, 2.24) is 4.98 Å². The van der Waals surface area contributed by atoms with Gasteiger partial charge in [0.25, 0.3) is 5.88 Å². The molecule has 0 saturated heterocycles. The molecule has 1 rings (SSSR count). The van der Waals surface area contributed by atoms with Gasteiger partial charge in [-0.2, -0.15) is 0 Å². The van der Waals surface area contributed by atoms with Gasteiger partial charge in [-0.1, -0.05) is 0 Å². The van der Waals surface area contributed by atoms with Crippen LogP contribution < -0.4 is 4.74 Å². The summed E-state index contributed by atoms with van der Waals surface area (Å²) in [5.74, 6) is 0.407. The SMILES string of the molecule is CCOc1ncc(C)cc1O. The fourth-order valence-corrected chi connectivity index (χ4v) is 0.789. The Bertz CT molecular complexity index is 248. The molecule has 1 N–H and O–H groups in total. The zero-order valence-corrected chi connectivity index (χ0v) is 6.66. The lowest BCUT2D eigenvalue weighted by atomic mass is 10.3. The molecule has 0 atom stereocenters. The van der Waals surface area contributed by atoms with E-state index in [4.69, 9.17) is 4.74 Å². The predicted molar refractivity (Wildman–Crippen MR) is 41.8 cm³/mol. The zero-order valence-electron chi connectivity index (χ0n) is 6.66. The molecule has 0 bridgehead atoms. The van der Waals surface area contributed by atoms with E-state index in [1.807, 2.05) is 13.8 Å². The number of aromatic hydroxyl groups is 1. The van der Waals surface area contributed by atoms with Gasteiger partial charge in [0.15, 0.2) is 5.75 Å². The number of hydrogen-bond donors (Lipinski definition) is 1. The zero-order chi connectivity index (χ0) is 8.27. The van der Waals surface area contributed by atoms with Gasteiger partial charge < -0.3 is 9.84 Å². The lowest BCUT2D eigenvalue weighted by Crippen LogP contribution is -1.94. The molecular formula is C8H11NO2. The Balaban J connectivity index is 2.90. The van der Waals surface area contributed by atoms with Gasteiger partial charge in [0.05, 0.1) is 6.61 Å². The van der Waals surface area contributed by atoms with Crippen LogP contribution in [0.4, 0.5) is 0 Å². The van der Waals surface area contributed by atoms with E-state index < -0.39 is 0 Å². The molecular weight excluding hydrogens is 142 g/mol. The van der Waals surface area contributed by atoms with E-state index in [0.717, 1.165) is 5.56 Å². The molecule has 60 valence electrons. The summed E-state index contributed by atoms with van der Waals surface area (Å²) in [4.78, 5) is 3.90. The van der Waals surface area contributed by atoms with Gasteiger partial charge in [-0.25, -0.2) is 4.98 Å². The molecule has 0 aliphatic rings. The van der Waals surface area contributed by atoms with Crippen LogP contribution in [0.5, 0.6) is 11.6 Å². The van der Waals surface area contributed by atoms with E-state index in [0.29, 0.717) is 12.5 Å². The maximum atomic E-state index is 9.23. The third-order valence-corrected chi connectivity index (χ3v) is 1.25. The monoisotopic (exact) mass is 153 g/mol. The molecule has 0 saturated carbocycles. The summed E-state index contributed by atoms with van der Waals surface area (Å²) in [6.45, 7) is 4.23. The highest BCUT2D eigenvalue weighted by molar-refractivity contribution is 5.34. The topological polar surface area (TPSA) is 42.4 Å². The van der Waals surface area contributed by atoms with E-state index in [2.05, 4.69) is 4.98 Å². The molecule has 0 spiro atoms. The first kappa shape index (κ1) is 7.85. The van der Waals surface area contributed by atoms with Gasteiger partial charge in [0.2, 0.25) is 0 Å². The Morgan fingerprint density at radius 1 is 1.64 bits per heavy atom. The third-order valence-electron chi connectivity index (χ3n) is 1.25. The second-order valence-electron chi connectivity index (χ2n) is 2.27. The molecule has 0 fully saturated rings. The molecule has 3 heteroatoms. The van der Waals surface area contributed by atoms with Crippen LogP contribution >= 0.6 is 0 Å². The van der Waals surface area contributed by atoms with Crippen molar-refractivity contribution in [3.05, 3.63) is 17.8 Å². The summed E-state index contributed by atoms with van der Waals surface area (Å²) in [5.41, 5.74) is 0.922. The standard InChI is InChI=1S/C8H11NO2/c1-3-11-8-7(10)4-6(2)5-9-8/h4-5,10H,3H2,1-2H3. The van der Waals surface area contributed by atoms with Gasteiger partial charge in [0, 0.05) is 6.20 Å². The number of aryl methyl sites for hydroxylation is 1. The normalized spacial score (nSPS) is 9.64. The lowest BCUT2D eigenvalue weighted by Gasteiger charge is -2.03. The number of rotatable bonds is 2. The van der Waals surface area contributed by atoms with Gasteiger partial charge in [-0.15, -0.1) is 0 Å². The Morgan fingerprint density at radius 3 is 2.91 bits per heavy atom. The quantitative estimate of drug-likeness (QED) is 0.700. The van der Waals surface area contributed by atoms with E-state index in [-0.39, 0.29) is 5.75 Å². The smallest absolute Gasteiger partial charge is 0.256 e. The van der Waals surface area contributed by atoms with Crippen molar-refractivity contribution in [2.45, 2.75) is 13.8 Å². The van der Waals surface area contributed by atoms with Crippen LogP contribution in [0, 0.1) is 6.92 Å². The maximum absolute atomic E-state index is 9.23. The molecule has 0 amide bonds. The summed E-state index contributed by atoms with van der Waals surface area (Å²) in [7, 11) is 0. The minimum Gasteiger partial charge on any atom is -0.503 e. The number of nitrogens with zero attached hydrogens (tertiary/aromatic N) is 1. The van der Waals surface area contributed by atoms with E-state index >= 15 is 0 Å². The number of pyridine rings is 1. The molecule has 1 aromatic heterocycles. The molecule has 0 aliphatic heterocycles. The van der Waals surface area contributed by atoms with Crippen LogP contribution in [-0.4, -0.2) is 16.7 Å². The van der Waals surface area contributed by atoms with Crippen LogP contribution in [0.15, 0.2) is 12.3 Å². The second-order valence-corrected chi connectivity index (χ2v) is 2.27. The number of ether oxygens (including phenoxy) is 1. The first-order chi connectivity index (χ1) is 5.24. The summed E-state index contributed by atoms with van der Waals surface area (Å²) < 4.78 is 5.03. The minimum absolute atomic E-state index is 0.104. The first-order valence-electron chi connectivity index (χ1n) is 3.52. The molecule has 3 nitrogen and oxygen atoms in total. The molecule has 0 aliphatic carbocycles. The van der Waals surface area contributed by atoms with Crippen LogP contribution in [0.2, 0.25) is 0 Å². The van der Waals surface area contributed by atoms with Crippen LogP contribution in [-0.2, 0) is 0 Å². The molecule has 0 unspecified atom stereocenters. The maximum Gasteiger partial charge on any atom is 0.256 e. The molecule has 0 aromatic carbocycles. The Morgan fingerprint density at radius 2 is 2.36 bits per heavy atom. The highest BCUT2D eigenvalue weighted by Crippen LogP contribution is 2.22. The predicted octanol–water partition coefficient (Wildman–Crippen LogP) is 1.49. The van der Waals surface area contributed by atoms with E-state index in [1.54, 1.807) is 12.3 Å². The average molecular weight is 153 g/mol. The van der Waals surface area contributed by atoms with Gasteiger partial charge >= 0.3 is 0 Å². The fraction of sp³-hybridized carbons (Fsp3) is 0.375. The van der Waals surface area contributed by atoms with Crippen molar-refractivity contribution < 1.29 is 9.84 Å². The van der Waals surface area contributed by atoms with Crippen molar-refractivity contribution in [2.24, 2.45) is 0 Å². The molecule has 1 heterocycles. The summed E-state index contributed by atoms with van der Waals surface area (Å²) in [6, 6.07) is 1.62. The molecule has 0 radical (unpaired) electrons. The third kappa shape index (κ3) is 1.83. The molecule has 1 aromatic rings. The van der Waals surface area contributed by atoms with Gasteiger partial charge in [-0.05, 0) is 25.5 Å². The van der Waals surface area contributed by atoms with Crippen molar-refractivity contribution in [2.75, 3.05) is 6.61 Å². The van der Waals surface area contributed by atoms with Crippen LogP contribution in [0.3, 0.4) is 0 Å². The summed E-state index contributed by atoms with van der Waals surface area (Å²) in [5, 5.41) is 9.23. The average Bonchev–Trinajstić information content (AvgIpc) is 1.95. The van der Waals surface area contributed by atoms with Gasteiger partial charge in [-0.3, -0.25) is 0 Å². The highest BCUT2D eigenvalue weighted by atomic mass is 16.5. The lowest BCUT2D eigenvalue weighted by molar-refractivity contribution is 0.304. The summed E-state index contributed by atoms with van der Waals surface area (Å²) >= 11 is 0. The minimum atomic E-state index is 0.104. The first-order valence-corrected chi connectivity index (χ1v) is 3.52. The summed E-state index contributed by atoms with van der Waals surface area (Å²) in [6.07, 6.45) is 1.66. The highest BCUT2D eigenvalue weighted by Gasteiger charge is 2.01. The van der Waals surface area contributed by atoms with Crippen LogP contribution in [0.25, 0.3) is 0 Å². The van der Waals surface area contributed by atoms with E-state index in [1.165, 1.54) is 0 Å². The molecule has 11 heavy (non-hydrogen) atoms. The number of aromatic nitrogens is 1. The number of hydrogen-bond acceptors (Lipinski definition) is 3. The van der Waals surface area contributed by atoms with Crippen molar-refractivity contribution >= 4 is 0 Å². The Hall–Kier alpha value is -1.25. The van der Waals surface area contributed by atoms with Gasteiger partial charge in [0.1, 0.15) is 0 Å². The second kappa shape index (κ2) is 3.23. The van der Waals surface area contributed by atoms with Crippen LogP contribution in [0.1, 0.15) is 12.5 Å². The van der Waals surface area contributed by atoms with Crippen molar-refractivity contribution in [3.8, 4) is 11.6 Å². The van der Waals surface area contributed by atoms with Crippen molar-refractivity contribution in [3.63, 3.8) is 0 Å². The Labute approximate surface area is 65.7 Å². The van der Waals surface area contributed by atoms with E-state index in [9.17, 15) is 5.11 Å². The van der Waals surface area contributed by atoms with Crippen molar-refractivity contribution in [1.29, 1.82) is 0 Å². The Kier molecular flexibility index (Phi) is 2.31. The fourth-order valence-electron chi connectivity index (χ4n) is 0.789. The largest absolute Gasteiger partial charge is 0.503 e.